The predicted octanol–water partition coefficient (Wildman–Crippen LogP) is -1.80. The third-order valence-corrected chi connectivity index (χ3v) is 0. The Morgan fingerprint density at radius 2 is 0.300 bits per heavy atom. The van der Waals surface area contributed by atoms with Crippen LogP contribution in [-0.4, -0.2) is 69.7 Å². The zero-order valence-corrected chi connectivity index (χ0v) is 10.1. The first-order chi connectivity index (χ1) is 0. The minimum Gasteiger partial charge on any atom is -0.870 e. The maximum atomic E-state index is 0. The molecule has 0 aromatic heterocycles. The quantitative estimate of drug-likeness (QED) is 0.453. The number of hydrogen-bond donors (Lipinski definition) is 0. The second kappa shape index (κ2) is 533. The third kappa shape index (κ3) is 383. The number of rotatable bonds is 0. The van der Waals surface area contributed by atoms with Crippen molar-refractivity contribution in [1.82, 2.24) is 0 Å². The van der Waals surface area contributed by atoms with E-state index in [2.05, 4.69) is 0 Å². The van der Waals surface area contributed by atoms with E-state index in [4.69, 9.17) is 0 Å². The van der Waals surface area contributed by atoms with Crippen molar-refractivity contribution in [3.8, 4) is 0 Å². The van der Waals surface area contributed by atoms with E-state index in [-0.39, 0.29) is 92.0 Å². The molecule has 0 amide bonds. The maximum absolute atomic E-state index is 0. The van der Waals surface area contributed by atoms with Crippen LogP contribution in [0.3, 0.4) is 0 Å². The fourth-order valence-electron chi connectivity index (χ4n) is 0. The van der Waals surface area contributed by atoms with Gasteiger partial charge < -0.3 is 43.8 Å². The average Bonchev–Trinajstić information content (AvgIpc) is 0. The van der Waals surface area contributed by atoms with Crippen molar-refractivity contribution in [3.63, 3.8) is 0 Å². The summed E-state index contributed by atoms with van der Waals surface area (Å²) >= 11 is 0. The Bertz CT molecular complexity index is 9.22. The van der Waals surface area contributed by atoms with E-state index in [1.165, 1.54) is 0 Å². The first-order valence-corrected chi connectivity index (χ1v) is 0. The summed E-state index contributed by atoms with van der Waals surface area (Å²) in [5.74, 6) is 0. The molecule has 0 heterocycles. The van der Waals surface area contributed by atoms with E-state index in [9.17, 15) is 0 Å². The van der Waals surface area contributed by atoms with Crippen LogP contribution in [0.5, 0.6) is 0 Å². The number of hydrogen-bond acceptors (Lipinski definition) is 8. The Balaban J connectivity index is 0. The molecule has 0 aliphatic carbocycles. The molecule has 0 aliphatic rings. The molecule has 0 fully saturated rings. The largest absolute Gasteiger partial charge is 5.00 e. The summed E-state index contributed by atoms with van der Waals surface area (Å²) in [6.07, 6.45) is 0. The monoisotopic (exact) mass is 344 g/mol. The summed E-state index contributed by atoms with van der Waals surface area (Å²) in [5.41, 5.74) is 0. The topological polar surface area (TPSA) is 240 Å². The molecule has 8 N–H and O–H groups in total. The Morgan fingerprint density at radius 3 is 0.300 bits per heavy atom. The zero-order valence-electron chi connectivity index (χ0n) is 4.60. The second-order valence-corrected chi connectivity index (χ2v) is 0. The summed E-state index contributed by atoms with van der Waals surface area (Å²) in [6, 6.07) is 0. The van der Waals surface area contributed by atoms with Crippen molar-refractivity contribution in [1.29, 1.82) is 0 Å². The van der Waals surface area contributed by atoms with Gasteiger partial charge in [-0.25, -0.2) is 0 Å². The fourth-order valence-corrected chi connectivity index (χ4v) is 0. The van der Waals surface area contributed by atoms with Gasteiger partial charge in [-0.05, 0) is 0 Å². The molecule has 0 aromatic rings. The molecule has 10 heteroatoms. The standard InChI is InChI=1S/In.Nb.8H2O/h;;8*1H2/q+3;+5;;;;;;;;/p-8. The van der Waals surface area contributed by atoms with Crippen molar-refractivity contribution >= 4 is 25.8 Å². The summed E-state index contributed by atoms with van der Waals surface area (Å²) < 4.78 is 0. The van der Waals surface area contributed by atoms with Crippen LogP contribution in [0, 0.1) is 0 Å². The molecular formula is H8InNbO8. The van der Waals surface area contributed by atoms with E-state index in [0.29, 0.717) is 0 Å². The summed E-state index contributed by atoms with van der Waals surface area (Å²) in [7, 11) is 0. The average molecular weight is 344 g/mol. The summed E-state index contributed by atoms with van der Waals surface area (Å²) in [5, 5.41) is 0. The fraction of sp³-hybridized carbons (Fsp3) is 0. The van der Waals surface area contributed by atoms with Crippen LogP contribution in [0.25, 0.3) is 0 Å². The van der Waals surface area contributed by atoms with Crippen LogP contribution in [0.15, 0.2) is 0 Å². The summed E-state index contributed by atoms with van der Waals surface area (Å²) in [6.45, 7) is 0. The molecule has 8 nitrogen and oxygen atoms in total. The molecule has 10 heavy (non-hydrogen) atoms. The van der Waals surface area contributed by atoms with E-state index >= 15 is 0 Å². The molecule has 0 rings (SSSR count). The van der Waals surface area contributed by atoms with Crippen molar-refractivity contribution < 1.29 is 66.2 Å². The third-order valence-electron chi connectivity index (χ3n) is 0. The van der Waals surface area contributed by atoms with Crippen LogP contribution >= 0.6 is 0 Å². The molecule has 0 saturated heterocycles. The molecule has 0 saturated carbocycles. The molecular weight excluding hydrogens is 336 g/mol. The molecule has 64 valence electrons. The molecule has 0 spiro atoms. The van der Waals surface area contributed by atoms with Crippen LogP contribution in [0.2, 0.25) is 0 Å². The van der Waals surface area contributed by atoms with E-state index in [0.717, 1.165) is 0 Å². The van der Waals surface area contributed by atoms with Gasteiger partial charge in [-0.2, -0.15) is 0 Å². The van der Waals surface area contributed by atoms with Crippen LogP contribution in [-0.2, 0) is 22.4 Å². The Morgan fingerprint density at radius 1 is 0.300 bits per heavy atom. The Labute approximate surface area is 91.8 Å². The molecule has 0 unspecified atom stereocenters. The van der Waals surface area contributed by atoms with E-state index in [1.807, 2.05) is 0 Å². The van der Waals surface area contributed by atoms with Gasteiger partial charge in [0, 0.05) is 0 Å². The molecule has 0 radical (unpaired) electrons. The van der Waals surface area contributed by atoms with Gasteiger partial charge in [0.25, 0.3) is 0 Å². The second-order valence-electron chi connectivity index (χ2n) is 0. The van der Waals surface area contributed by atoms with Gasteiger partial charge in [-0.1, -0.05) is 0 Å². The van der Waals surface area contributed by atoms with Gasteiger partial charge in [0.15, 0.2) is 0 Å². The first kappa shape index (κ1) is 718. The molecule has 0 aromatic carbocycles. The first-order valence-electron chi connectivity index (χ1n) is 0. The maximum Gasteiger partial charge on any atom is 5.00 e. The van der Waals surface area contributed by atoms with Crippen LogP contribution in [0.1, 0.15) is 0 Å². The van der Waals surface area contributed by atoms with Gasteiger partial charge in [-0.15, -0.1) is 0 Å². The molecule has 0 aliphatic heterocycles. The van der Waals surface area contributed by atoms with Gasteiger partial charge in [0.05, 0.1) is 0 Å². The van der Waals surface area contributed by atoms with Crippen molar-refractivity contribution in [2.24, 2.45) is 0 Å². The van der Waals surface area contributed by atoms with E-state index < -0.39 is 0 Å². The van der Waals surface area contributed by atoms with Crippen molar-refractivity contribution in [2.45, 2.75) is 0 Å². The van der Waals surface area contributed by atoms with Gasteiger partial charge in [0.1, 0.15) is 0 Å². The smallest absolute Gasteiger partial charge is 0.870 e. The normalized spacial score (nSPS) is 0. The molecule has 0 atom stereocenters. The van der Waals surface area contributed by atoms with Gasteiger partial charge in [0.2, 0.25) is 0 Å². The van der Waals surface area contributed by atoms with Gasteiger partial charge >= 0.3 is 48.2 Å². The van der Waals surface area contributed by atoms with E-state index in [1.54, 1.807) is 0 Å². The molecule has 0 bridgehead atoms. The SMILES string of the molecule is [In+3].[Nb+5].[OH-].[OH-].[OH-].[OH-].[OH-].[OH-].[OH-].[OH-]. The van der Waals surface area contributed by atoms with Gasteiger partial charge in [-0.3, -0.25) is 0 Å². The minimum absolute atomic E-state index is 0. The van der Waals surface area contributed by atoms with Crippen LogP contribution in [0.4, 0.5) is 0 Å². The Kier molecular flexibility index (Phi) is 38300. The van der Waals surface area contributed by atoms with Crippen molar-refractivity contribution in [2.75, 3.05) is 0 Å². The Hall–Kier alpha value is 1.29. The summed E-state index contributed by atoms with van der Waals surface area (Å²) in [4.78, 5) is 0. The minimum atomic E-state index is 0. The van der Waals surface area contributed by atoms with Crippen molar-refractivity contribution in [3.05, 3.63) is 0 Å². The van der Waals surface area contributed by atoms with Crippen LogP contribution < -0.4 is 0 Å². The zero-order chi connectivity index (χ0) is 0. The predicted molar refractivity (Wildman–Crippen MR) is 21.2 cm³/mol.